The van der Waals surface area contributed by atoms with Gasteiger partial charge in [-0.15, -0.1) is 11.3 Å². The Kier molecular flexibility index (Phi) is 7.26. The summed E-state index contributed by atoms with van der Waals surface area (Å²) in [5, 5.41) is 3.14. The zero-order valence-corrected chi connectivity index (χ0v) is 31.6. The van der Waals surface area contributed by atoms with Gasteiger partial charge in [0.2, 0.25) is 5.89 Å². The molecule has 58 heavy (non-hydrogen) atoms. The Morgan fingerprint density at radius 1 is 0.448 bits per heavy atom. The van der Waals surface area contributed by atoms with Crippen LogP contribution in [0.3, 0.4) is 0 Å². The molecule has 12 aromatic rings. The van der Waals surface area contributed by atoms with Gasteiger partial charge in [0.15, 0.2) is 5.58 Å². The summed E-state index contributed by atoms with van der Waals surface area (Å²) < 4.78 is 12.1. The average molecular weight is 763 g/mol. The minimum Gasteiger partial charge on any atom is -0.436 e. The van der Waals surface area contributed by atoms with E-state index in [0.717, 1.165) is 99.6 Å². The van der Waals surface area contributed by atoms with Gasteiger partial charge >= 0.3 is 0 Å². The van der Waals surface area contributed by atoms with E-state index in [0.29, 0.717) is 5.89 Å². The van der Waals surface area contributed by atoms with Crippen molar-refractivity contribution in [3.05, 3.63) is 182 Å². The molecular formula is C50H30N6OS. The monoisotopic (exact) mass is 762 g/mol. The van der Waals surface area contributed by atoms with Crippen LogP contribution in [0.5, 0.6) is 0 Å². The molecule has 0 saturated carbocycles. The fraction of sp³-hybridized carbons (Fsp3) is 0. The molecule has 0 bridgehead atoms. The Hall–Kier alpha value is -7.68. The molecule has 7 nitrogen and oxygen atoms in total. The smallest absolute Gasteiger partial charge is 0.227 e. The second-order valence-electron chi connectivity index (χ2n) is 14.4. The summed E-state index contributed by atoms with van der Waals surface area (Å²) in [5.41, 5.74) is 12.8. The molecule has 0 saturated heterocycles. The van der Waals surface area contributed by atoms with E-state index in [1.165, 1.54) is 4.70 Å². The molecule has 0 aliphatic carbocycles. The highest BCUT2D eigenvalue weighted by atomic mass is 32.1. The van der Waals surface area contributed by atoms with Crippen molar-refractivity contribution in [2.24, 2.45) is 0 Å². The lowest BCUT2D eigenvalue weighted by Gasteiger charge is -2.11. The van der Waals surface area contributed by atoms with Crippen LogP contribution in [0.15, 0.2) is 187 Å². The van der Waals surface area contributed by atoms with Crippen molar-refractivity contribution in [1.29, 1.82) is 0 Å². The van der Waals surface area contributed by atoms with Crippen molar-refractivity contribution in [3.63, 3.8) is 0 Å². The molecule has 12 rings (SSSR count). The molecular weight excluding hydrogens is 733 g/mol. The zero-order chi connectivity index (χ0) is 38.2. The lowest BCUT2D eigenvalue weighted by molar-refractivity contribution is 0.620. The zero-order valence-electron chi connectivity index (χ0n) is 30.8. The third kappa shape index (κ3) is 5.27. The third-order valence-electron chi connectivity index (χ3n) is 10.9. The standard InChI is InChI=1S/C50H30N6OS/c1-3-11-31(12-4-1)32-19-23-40-45(29-32)57-49(53-40)33-20-24-42-37(27-33)38-28-34(50-54-41-16-8-10-18-46(41)58-50)21-25-43(38)56(42)47-26-22-35(30-51-47)48-52-39-15-7-9-17-44(39)55(48)36-13-5-2-6-14-36/h1-30H. The number of hydrogen-bond donors (Lipinski definition) is 0. The highest BCUT2D eigenvalue weighted by Crippen LogP contribution is 2.39. The maximum absolute atomic E-state index is 6.47. The molecule has 0 unspecified atom stereocenters. The fourth-order valence-electron chi connectivity index (χ4n) is 8.10. The predicted octanol–water partition coefficient (Wildman–Crippen LogP) is 12.9. The van der Waals surface area contributed by atoms with Crippen LogP contribution in [0.4, 0.5) is 0 Å². The van der Waals surface area contributed by atoms with Crippen LogP contribution in [0, 0.1) is 0 Å². The van der Waals surface area contributed by atoms with Crippen molar-refractivity contribution in [1.82, 2.24) is 29.1 Å². The van der Waals surface area contributed by atoms with Gasteiger partial charge in [-0.2, -0.15) is 0 Å². The highest BCUT2D eigenvalue weighted by Gasteiger charge is 2.20. The van der Waals surface area contributed by atoms with E-state index < -0.39 is 0 Å². The second kappa shape index (κ2) is 12.9. The number of para-hydroxylation sites is 4. The molecule has 0 atom stereocenters. The molecule has 0 radical (unpaired) electrons. The van der Waals surface area contributed by atoms with E-state index in [4.69, 9.17) is 24.4 Å². The Morgan fingerprint density at radius 3 is 1.93 bits per heavy atom. The van der Waals surface area contributed by atoms with E-state index in [2.05, 4.69) is 143 Å². The summed E-state index contributed by atoms with van der Waals surface area (Å²) in [7, 11) is 0. The third-order valence-corrected chi connectivity index (χ3v) is 11.9. The van der Waals surface area contributed by atoms with E-state index in [1.54, 1.807) is 11.3 Å². The summed E-state index contributed by atoms with van der Waals surface area (Å²) in [4.78, 5) is 20.1. The highest BCUT2D eigenvalue weighted by molar-refractivity contribution is 7.21. The Balaban J connectivity index is 1.01. The predicted molar refractivity (Wildman–Crippen MR) is 236 cm³/mol. The molecule has 5 aromatic heterocycles. The van der Waals surface area contributed by atoms with Gasteiger partial charge in [0.1, 0.15) is 22.2 Å². The maximum atomic E-state index is 6.47. The van der Waals surface area contributed by atoms with Crippen LogP contribution in [-0.4, -0.2) is 29.1 Å². The van der Waals surface area contributed by atoms with Crippen LogP contribution >= 0.6 is 11.3 Å². The lowest BCUT2D eigenvalue weighted by atomic mass is 10.1. The molecule has 0 spiro atoms. The van der Waals surface area contributed by atoms with E-state index in [9.17, 15) is 0 Å². The molecule has 272 valence electrons. The normalized spacial score (nSPS) is 11.8. The Labute approximate surface area is 335 Å². The van der Waals surface area contributed by atoms with E-state index in [-0.39, 0.29) is 0 Å². The van der Waals surface area contributed by atoms with Crippen LogP contribution in [0.25, 0.3) is 110 Å². The number of imidazole rings is 1. The largest absolute Gasteiger partial charge is 0.436 e. The van der Waals surface area contributed by atoms with Crippen molar-refractivity contribution >= 4 is 65.5 Å². The van der Waals surface area contributed by atoms with Crippen molar-refractivity contribution in [2.45, 2.75) is 0 Å². The summed E-state index contributed by atoms with van der Waals surface area (Å²) in [6.07, 6.45) is 1.93. The fourth-order valence-corrected chi connectivity index (χ4v) is 9.06. The molecule has 8 heteroatoms. The first-order valence-corrected chi connectivity index (χ1v) is 19.9. The molecule has 0 aliphatic rings. The minimum atomic E-state index is 0.578. The van der Waals surface area contributed by atoms with E-state index in [1.807, 2.05) is 48.7 Å². The number of aromatic nitrogens is 6. The lowest BCUT2D eigenvalue weighted by Crippen LogP contribution is -2.00. The van der Waals surface area contributed by atoms with E-state index >= 15 is 0 Å². The number of pyridine rings is 1. The van der Waals surface area contributed by atoms with Crippen molar-refractivity contribution < 1.29 is 4.42 Å². The second-order valence-corrected chi connectivity index (χ2v) is 15.4. The first kappa shape index (κ1) is 32.6. The van der Waals surface area contributed by atoms with Crippen molar-refractivity contribution in [3.8, 4) is 56.0 Å². The number of benzene rings is 7. The SMILES string of the molecule is c1ccc(-c2ccc3nc(-c4ccc5c(c4)c4cc(-c6nc7ccccc7s6)ccc4n5-c4ccc(-c5nc6ccccc6n5-c5ccccc5)cn4)oc3c2)cc1. The van der Waals surface area contributed by atoms with Gasteiger partial charge < -0.3 is 4.42 Å². The van der Waals surface area contributed by atoms with Gasteiger partial charge in [-0.05, 0) is 108 Å². The molecule has 0 fully saturated rings. The number of nitrogens with zero attached hydrogens (tertiary/aromatic N) is 6. The van der Waals surface area contributed by atoms with Gasteiger partial charge in [-0.3, -0.25) is 9.13 Å². The van der Waals surface area contributed by atoms with Gasteiger partial charge in [0.05, 0.1) is 32.3 Å². The first-order chi connectivity index (χ1) is 28.7. The molecule has 0 N–H and O–H groups in total. The summed E-state index contributed by atoms with van der Waals surface area (Å²) in [5.74, 6) is 2.23. The summed E-state index contributed by atoms with van der Waals surface area (Å²) in [6.45, 7) is 0. The maximum Gasteiger partial charge on any atom is 0.227 e. The number of hydrogen-bond acceptors (Lipinski definition) is 6. The molecule has 0 amide bonds. The van der Waals surface area contributed by atoms with Crippen LogP contribution < -0.4 is 0 Å². The summed E-state index contributed by atoms with van der Waals surface area (Å²) in [6, 6.07) is 60.7. The molecule has 0 aliphatic heterocycles. The number of thiazole rings is 1. The topological polar surface area (TPSA) is 74.6 Å². The number of rotatable bonds is 6. The number of fused-ring (bicyclic) bond motifs is 6. The van der Waals surface area contributed by atoms with Crippen molar-refractivity contribution in [2.75, 3.05) is 0 Å². The van der Waals surface area contributed by atoms with Gasteiger partial charge in [0.25, 0.3) is 0 Å². The van der Waals surface area contributed by atoms with Crippen LogP contribution in [0.2, 0.25) is 0 Å². The first-order valence-electron chi connectivity index (χ1n) is 19.1. The Morgan fingerprint density at radius 2 is 1.14 bits per heavy atom. The van der Waals surface area contributed by atoms with Gasteiger partial charge in [0, 0.05) is 39.3 Å². The quantitative estimate of drug-likeness (QED) is 0.169. The number of oxazole rings is 1. The molecule has 7 aromatic carbocycles. The molecule has 5 heterocycles. The Bertz CT molecular complexity index is 3470. The van der Waals surface area contributed by atoms with Gasteiger partial charge in [-0.1, -0.05) is 78.9 Å². The average Bonchev–Trinajstić information content (AvgIpc) is 4.08. The van der Waals surface area contributed by atoms with Gasteiger partial charge in [-0.25, -0.2) is 19.9 Å². The van der Waals surface area contributed by atoms with Crippen LogP contribution in [0.1, 0.15) is 0 Å². The summed E-state index contributed by atoms with van der Waals surface area (Å²) >= 11 is 1.71. The minimum absolute atomic E-state index is 0.578. The van der Waals surface area contributed by atoms with Crippen LogP contribution in [-0.2, 0) is 0 Å².